The standard InChI is InChI=1S/C26H20N2O3/c1-14-10-12-15(13-11-14)24(29)27-28-25(30)22-20-16-6-2-3-7-17(16)21(23(22)26(28)31)19-9-5-4-8-18(19)20/h2-13,20-23H,1H3,(H,27,29)/t20?,21?,22-,23?/m0/s1. The number of nitrogens with one attached hydrogen (secondary N) is 1. The van der Waals surface area contributed by atoms with E-state index in [9.17, 15) is 14.4 Å². The number of carbonyl (C=O) groups excluding carboxylic acids is 3. The average molecular weight is 408 g/mol. The van der Waals surface area contributed by atoms with Gasteiger partial charge in [0.2, 0.25) is 0 Å². The van der Waals surface area contributed by atoms with E-state index < -0.39 is 17.7 Å². The molecule has 2 atom stereocenters. The second kappa shape index (κ2) is 6.38. The number of hydrogen-bond acceptors (Lipinski definition) is 3. The van der Waals surface area contributed by atoms with Gasteiger partial charge in [0.25, 0.3) is 17.7 Å². The lowest BCUT2D eigenvalue weighted by molar-refractivity contribution is -0.142. The third-order valence-electron chi connectivity index (χ3n) is 6.98. The highest BCUT2D eigenvalue weighted by Crippen LogP contribution is 2.60. The zero-order valence-corrected chi connectivity index (χ0v) is 16.9. The third kappa shape index (κ3) is 2.40. The van der Waals surface area contributed by atoms with Crippen LogP contribution >= 0.6 is 0 Å². The number of imide groups is 1. The predicted octanol–water partition coefficient (Wildman–Crippen LogP) is 3.53. The van der Waals surface area contributed by atoms with Gasteiger partial charge in [-0.2, -0.15) is 5.01 Å². The number of hydrazine groups is 1. The van der Waals surface area contributed by atoms with Gasteiger partial charge in [-0.25, -0.2) is 0 Å². The summed E-state index contributed by atoms with van der Waals surface area (Å²) in [5, 5.41) is 0.968. The van der Waals surface area contributed by atoms with Crippen molar-refractivity contribution in [2.45, 2.75) is 18.8 Å². The molecule has 1 unspecified atom stereocenters. The smallest absolute Gasteiger partial charge is 0.270 e. The Morgan fingerprint density at radius 1 is 0.710 bits per heavy atom. The van der Waals surface area contributed by atoms with E-state index in [0.717, 1.165) is 32.8 Å². The van der Waals surface area contributed by atoms with E-state index in [2.05, 4.69) is 29.7 Å². The summed E-state index contributed by atoms with van der Waals surface area (Å²) in [4.78, 5) is 39.7. The molecule has 5 nitrogen and oxygen atoms in total. The number of carbonyl (C=O) groups is 3. The minimum absolute atomic E-state index is 0.180. The van der Waals surface area contributed by atoms with Gasteiger partial charge in [0.15, 0.2) is 0 Å². The second-order valence-corrected chi connectivity index (χ2v) is 8.58. The van der Waals surface area contributed by atoms with Crippen LogP contribution in [0.25, 0.3) is 0 Å². The molecule has 3 aliphatic carbocycles. The number of nitrogens with zero attached hydrogens (tertiary/aromatic N) is 1. The Kier molecular flexibility index (Phi) is 3.72. The largest absolute Gasteiger partial charge is 0.272 e. The number of hydrogen-bond donors (Lipinski definition) is 1. The van der Waals surface area contributed by atoms with Gasteiger partial charge in [-0.3, -0.25) is 19.8 Å². The molecule has 2 bridgehead atoms. The lowest BCUT2D eigenvalue weighted by atomic mass is 9.55. The molecular weight excluding hydrogens is 388 g/mol. The first kappa shape index (κ1) is 18.1. The van der Waals surface area contributed by atoms with Crippen LogP contribution in [0.3, 0.4) is 0 Å². The Balaban J connectivity index is 1.41. The molecule has 4 aliphatic rings. The lowest BCUT2D eigenvalue weighted by Gasteiger charge is -2.45. The van der Waals surface area contributed by atoms with Gasteiger partial charge in [-0.15, -0.1) is 0 Å². The zero-order valence-electron chi connectivity index (χ0n) is 16.9. The topological polar surface area (TPSA) is 66.5 Å². The quantitative estimate of drug-likeness (QED) is 0.660. The van der Waals surface area contributed by atoms with Gasteiger partial charge >= 0.3 is 0 Å². The van der Waals surface area contributed by atoms with E-state index in [1.165, 1.54) is 0 Å². The van der Waals surface area contributed by atoms with E-state index in [4.69, 9.17) is 0 Å². The minimum atomic E-state index is -0.499. The van der Waals surface area contributed by atoms with Crippen molar-refractivity contribution >= 4 is 17.7 Å². The summed E-state index contributed by atoms with van der Waals surface area (Å²) in [5.74, 6) is -2.46. The van der Waals surface area contributed by atoms with Crippen molar-refractivity contribution in [3.8, 4) is 0 Å². The normalized spacial score (nSPS) is 25.1. The van der Waals surface area contributed by atoms with Crippen LogP contribution in [0.2, 0.25) is 0 Å². The van der Waals surface area contributed by atoms with E-state index in [0.29, 0.717) is 5.56 Å². The van der Waals surface area contributed by atoms with Gasteiger partial charge in [0.05, 0.1) is 11.8 Å². The predicted molar refractivity (Wildman–Crippen MR) is 114 cm³/mol. The Morgan fingerprint density at radius 2 is 1.13 bits per heavy atom. The summed E-state index contributed by atoms with van der Waals surface area (Å²) < 4.78 is 0. The lowest BCUT2D eigenvalue weighted by Crippen LogP contribution is -2.46. The first-order chi connectivity index (χ1) is 15.1. The molecule has 152 valence electrons. The maximum absolute atomic E-state index is 13.5. The molecule has 5 heteroatoms. The van der Waals surface area contributed by atoms with Gasteiger partial charge < -0.3 is 0 Å². The first-order valence-corrected chi connectivity index (χ1v) is 10.5. The molecule has 1 fully saturated rings. The van der Waals surface area contributed by atoms with E-state index >= 15 is 0 Å². The molecule has 7 rings (SSSR count). The molecule has 0 spiro atoms. The average Bonchev–Trinajstić information content (AvgIpc) is 3.05. The summed E-state index contributed by atoms with van der Waals surface area (Å²) in [6.45, 7) is 1.94. The molecule has 0 saturated carbocycles. The highest BCUT2D eigenvalue weighted by atomic mass is 16.2. The fourth-order valence-corrected chi connectivity index (χ4v) is 5.66. The zero-order chi connectivity index (χ0) is 21.3. The molecule has 1 aliphatic heterocycles. The van der Waals surface area contributed by atoms with E-state index in [1.54, 1.807) is 12.1 Å². The Morgan fingerprint density at radius 3 is 1.55 bits per heavy atom. The summed E-state index contributed by atoms with van der Waals surface area (Å²) in [6, 6.07) is 23.2. The Labute approximate surface area is 179 Å². The van der Waals surface area contributed by atoms with Crippen LogP contribution in [0.5, 0.6) is 0 Å². The van der Waals surface area contributed by atoms with Crippen LogP contribution in [0.15, 0.2) is 72.8 Å². The van der Waals surface area contributed by atoms with Gasteiger partial charge in [0.1, 0.15) is 0 Å². The van der Waals surface area contributed by atoms with Gasteiger partial charge in [0, 0.05) is 17.4 Å². The third-order valence-corrected chi connectivity index (χ3v) is 6.98. The number of amides is 3. The molecule has 1 saturated heterocycles. The molecule has 1 N–H and O–H groups in total. The molecule has 1 heterocycles. The fourth-order valence-electron chi connectivity index (χ4n) is 5.66. The summed E-state index contributed by atoms with van der Waals surface area (Å²) in [6.07, 6.45) is 0. The highest BCUT2D eigenvalue weighted by molar-refractivity contribution is 6.09. The van der Waals surface area contributed by atoms with Crippen LogP contribution in [0, 0.1) is 18.8 Å². The molecule has 0 radical (unpaired) electrons. The van der Waals surface area contributed by atoms with Crippen LogP contribution < -0.4 is 5.43 Å². The van der Waals surface area contributed by atoms with Crippen LogP contribution in [0.1, 0.15) is 50.0 Å². The van der Waals surface area contributed by atoms with Gasteiger partial charge in [-0.05, 0) is 41.3 Å². The molecule has 3 aromatic carbocycles. The molecule has 3 aromatic rings. The van der Waals surface area contributed by atoms with Crippen LogP contribution in [-0.2, 0) is 9.59 Å². The molecule has 3 amide bonds. The van der Waals surface area contributed by atoms with Crippen LogP contribution in [0.4, 0.5) is 0 Å². The van der Waals surface area contributed by atoms with Crippen molar-refractivity contribution in [3.05, 3.63) is 106 Å². The summed E-state index contributed by atoms with van der Waals surface area (Å²) in [5.41, 5.74) is 8.48. The summed E-state index contributed by atoms with van der Waals surface area (Å²) in [7, 11) is 0. The molecule has 0 aromatic heterocycles. The number of rotatable bonds is 2. The Bertz CT molecular complexity index is 1150. The van der Waals surface area contributed by atoms with Crippen molar-refractivity contribution in [1.29, 1.82) is 0 Å². The summed E-state index contributed by atoms with van der Waals surface area (Å²) >= 11 is 0. The van der Waals surface area contributed by atoms with E-state index in [1.807, 2.05) is 43.3 Å². The van der Waals surface area contributed by atoms with E-state index in [-0.39, 0.29) is 23.7 Å². The molecule has 31 heavy (non-hydrogen) atoms. The van der Waals surface area contributed by atoms with Crippen molar-refractivity contribution in [3.63, 3.8) is 0 Å². The fraction of sp³-hybridized carbons (Fsp3) is 0.192. The highest BCUT2D eigenvalue weighted by Gasteiger charge is 2.62. The second-order valence-electron chi connectivity index (χ2n) is 8.58. The number of benzene rings is 3. The maximum Gasteiger partial charge on any atom is 0.270 e. The monoisotopic (exact) mass is 408 g/mol. The minimum Gasteiger partial charge on any atom is -0.272 e. The number of aryl methyl sites for hydroxylation is 1. The molecular formula is C26H20N2O3. The SMILES string of the molecule is Cc1ccc(C(=O)NN2C(=O)C3C4c5ccccc5C(c5ccccc54)[C@@H]3C2=O)cc1. The van der Waals surface area contributed by atoms with Gasteiger partial charge in [-0.1, -0.05) is 66.2 Å². The van der Waals surface area contributed by atoms with Crippen molar-refractivity contribution < 1.29 is 14.4 Å². The van der Waals surface area contributed by atoms with Crippen molar-refractivity contribution in [2.24, 2.45) is 11.8 Å². The van der Waals surface area contributed by atoms with Crippen molar-refractivity contribution in [1.82, 2.24) is 10.4 Å². The first-order valence-electron chi connectivity index (χ1n) is 10.5. The van der Waals surface area contributed by atoms with Crippen LogP contribution in [-0.4, -0.2) is 22.7 Å². The van der Waals surface area contributed by atoms with Crippen molar-refractivity contribution in [2.75, 3.05) is 0 Å². The maximum atomic E-state index is 13.5. The Hall–Kier alpha value is -3.73.